The van der Waals surface area contributed by atoms with E-state index < -0.39 is 0 Å². The number of nitrogens with zero attached hydrogens (tertiary/aromatic N) is 2. The summed E-state index contributed by atoms with van der Waals surface area (Å²) in [5.74, 6) is 1.25. The number of hydrogen-bond acceptors (Lipinski definition) is 4. The lowest BCUT2D eigenvalue weighted by Crippen LogP contribution is -2.18. The molecule has 136 valence electrons. The van der Waals surface area contributed by atoms with Gasteiger partial charge >= 0.3 is 0 Å². The average Bonchev–Trinajstić information content (AvgIpc) is 2.96. The van der Waals surface area contributed by atoms with Crippen LogP contribution < -0.4 is 4.80 Å². The van der Waals surface area contributed by atoms with E-state index in [1.54, 1.807) is 29.6 Å². The molecule has 3 aromatic rings. The fourth-order valence-electron chi connectivity index (χ4n) is 2.60. The smallest absolute Gasteiger partial charge is 0.280 e. The van der Waals surface area contributed by atoms with E-state index in [0.717, 1.165) is 33.2 Å². The van der Waals surface area contributed by atoms with Gasteiger partial charge in [-0.05, 0) is 42.3 Å². The van der Waals surface area contributed by atoms with Gasteiger partial charge in [0.05, 0.1) is 15.8 Å². The van der Waals surface area contributed by atoms with E-state index in [0.29, 0.717) is 10.4 Å². The molecule has 0 aliphatic carbocycles. The number of thiazole rings is 1. The second-order valence-electron chi connectivity index (χ2n) is 5.49. The van der Waals surface area contributed by atoms with Crippen LogP contribution in [0.2, 0.25) is 0 Å². The highest BCUT2D eigenvalue weighted by Crippen LogP contribution is 2.23. The van der Waals surface area contributed by atoms with E-state index >= 15 is 0 Å². The van der Waals surface area contributed by atoms with Gasteiger partial charge < -0.3 is 4.57 Å². The fourth-order valence-corrected chi connectivity index (χ4v) is 4.84. The van der Waals surface area contributed by atoms with Crippen molar-refractivity contribution in [2.24, 2.45) is 4.99 Å². The summed E-state index contributed by atoms with van der Waals surface area (Å²) in [6, 6.07) is 12.2. The normalized spacial score (nSPS) is 12.0. The average molecular weight is 407 g/mol. The van der Waals surface area contributed by atoms with Crippen LogP contribution in [0.5, 0.6) is 0 Å². The Morgan fingerprint density at radius 1 is 1.27 bits per heavy atom. The Morgan fingerprint density at radius 3 is 2.85 bits per heavy atom. The summed E-state index contributed by atoms with van der Waals surface area (Å²) in [6.45, 7) is 2.78. The lowest BCUT2D eigenvalue weighted by Gasteiger charge is -2.05. The first-order valence-corrected chi connectivity index (χ1v) is 11.4. The number of rotatable bonds is 6. The highest BCUT2D eigenvalue weighted by atomic mass is 32.2. The van der Waals surface area contributed by atoms with Crippen molar-refractivity contribution in [3.8, 4) is 0 Å². The van der Waals surface area contributed by atoms with Crippen molar-refractivity contribution in [2.75, 3.05) is 17.8 Å². The lowest BCUT2D eigenvalue weighted by molar-refractivity contribution is 0.0995. The minimum Gasteiger partial charge on any atom is -0.316 e. The van der Waals surface area contributed by atoms with E-state index in [2.05, 4.69) is 11.9 Å². The molecule has 0 aliphatic heterocycles. The molecule has 26 heavy (non-hydrogen) atoms. The Hall–Kier alpha value is -1.57. The zero-order valence-corrected chi connectivity index (χ0v) is 17.0. The van der Waals surface area contributed by atoms with Crippen LogP contribution in [0.3, 0.4) is 0 Å². The zero-order valence-electron chi connectivity index (χ0n) is 14.6. The van der Waals surface area contributed by atoms with Gasteiger partial charge in [-0.1, -0.05) is 30.4 Å². The van der Waals surface area contributed by atoms with Gasteiger partial charge in [-0.15, -0.1) is 11.8 Å². The minimum atomic E-state index is -0.279. The molecule has 7 heteroatoms. The predicted molar refractivity (Wildman–Crippen MR) is 111 cm³/mol. The molecule has 3 nitrogen and oxygen atoms in total. The molecule has 2 aromatic carbocycles. The fraction of sp³-hybridized carbons (Fsp3) is 0.263. The largest absolute Gasteiger partial charge is 0.316 e. The molecular weight excluding hydrogens is 387 g/mol. The third-order valence-electron chi connectivity index (χ3n) is 3.78. The molecule has 0 atom stereocenters. The van der Waals surface area contributed by atoms with E-state index in [1.165, 1.54) is 23.5 Å². The second kappa shape index (κ2) is 8.88. The van der Waals surface area contributed by atoms with E-state index in [4.69, 9.17) is 0 Å². The molecule has 0 saturated heterocycles. The third-order valence-corrected chi connectivity index (χ3v) is 6.37. The standard InChI is InChI=1S/C19H19FN2OS3/c1-3-25-16-7-5-4-6-14(16)18(23)21-19-22(10-11-24-2)15-9-8-13(20)12-17(15)26-19/h4-9,12H,3,10-11H2,1-2H3. The van der Waals surface area contributed by atoms with Gasteiger partial charge in [0, 0.05) is 17.2 Å². The van der Waals surface area contributed by atoms with Crippen molar-refractivity contribution in [2.45, 2.75) is 18.4 Å². The number of aromatic nitrogens is 1. The van der Waals surface area contributed by atoms with Gasteiger partial charge in [0.2, 0.25) is 0 Å². The first-order valence-electron chi connectivity index (χ1n) is 8.22. The molecule has 1 amide bonds. The minimum absolute atomic E-state index is 0.258. The molecule has 1 heterocycles. The summed E-state index contributed by atoms with van der Waals surface area (Å²) >= 11 is 4.70. The first kappa shape index (κ1) is 19.2. The number of carbonyl (C=O) groups excluding carboxylic acids is 1. The Labute approximate surface area is 164 Å². The molecule has 0 unspecified atom stereocenters. The Balaban J connectivity index is 2.10. The maximum atomic E-state index is 13.6. The van der Waals surface area contributed by atoms with Crippen molar-refractivity contribution < 1.29 is 9.18 Å². The van der Waals surface area contributed by atoms with Crippen LogP contribution in [-0.4, -0.2) is 28.2 Å². The maximum absolute atomic E-state index is 13.6. The summed E-state index contributed by atoms with van der Waals surface area (Å²) in [5, 5.41) is 0. The van der Waals surface area contributed by atoms with Crippen molar-refractivity contribution in [1.82, 2.24) is 4.57 Å². The Kier molecular flexibility index (Phi) is 6.56. The number of fused-ring (bicyclic) bond motifs is 1. The number of carbonyl (C=O) groups is 1. The second-order valence-corrected chi connectivity index (χ2v) is 8.79. The van der Waals surface area contributed by atoms with Gasteiger partial charge in [-0.3, -0.25) is 4.79 Å². The number of thioether (sulfide) groups is 2. The molecule has 3 rings (SSSR count). The lowest BCUT2D eigenvalue weighted by atomic mass is 10.2. The molecule has 1 aromatic heterocycles. The number of amides is 1. The molecule has 0 spiro atoms. The summed E-state index contributed by atoms with van der Waals surface area (Å²) in [7, 11) is 0. The van der Waals surface area contributed by atoms with Crippen molar-refractivity contribution in [3.05, 3.63) is 58.6 Å². The summed E-state index contributed by atoms with van der Waals surface area (Å²) in [6.07, 6.45) is 2.04. The first-order chi connectivity index (χ1) is 12.6. The van der Waals surface area contributed by atoms with E-state index in [9.17, 15) is 9.18 Å². The number of halogens is 1. The van der Waals surface area contributed by atoms with Gasteiger partial charge in [0.25, 0.3) is 5.91 Å². The van der Waals surface area contributed by atoms with Gasteiger partial charge in [-0.25, -0.2) is 4.39 Å². The predicted octanol–water partition coefficient (Wildman–Crippen LogP) is 5.06. The highest BCUT2D eigenvalue weighted by molar-refractivity contribution is 7.99. The van der Waals surface area contributed by atoms with Crippen molar-refractivity contribution in [3.63, 3.8) is 0 Å². The SMILES string of the molecule is CCSc1ccccc1C(=O)N=c1sc2cc(F)ccc2n1CCSC. The van der Waals surface area contributed by atoms with Crippen LogP contribution >= 0.6 is 34.9 Å². The number of hydrogen-bond donors (Lipinski definition) is 0. The van der Waals surface area contributed by atoms with E-state index in [-0.39, 0.29) is 11.7 Å². The summed E-state index contributed by atoms with van der Waals surface area (Å²) in [5.41, 5.74) is 1.52. The topological polar surface area (TPSA) is 34.4 Å². The Bertz CT molecular complexity index is 994. The quantitative estimate of drug-likeness (QED) is 0.537. The van der Waals surface area contributed by atoms with Crippen LogP contribution in [0.1, 0.15) is 17.3 Å². The van der Waals surface area contributed by atoms with Crippen LogP contribution in [-0.2, 0) is 6.54 Å². The summed E-state index contributed by atoms with van der Waals surface area (Å²) < 4.78 is 16.4. The van der Waals surface area contributed by atoms with Crippen molar-refractivity contribution >= 4 is 51.0 Å². The van der Waals surface area contributed by atoms with Gasteiger partial charge in [0.15, 0.2) is 4.80 Å². The monoisotopic (exact) mass is 406 g/mol. The molecule has 0 aliphatic rings. The molecule has 0 fully saturated rings. The van der Waals surface area contributed by atoms with Crippen LogP contribution in [0, 0.1) is 5.82 Å². The van der Waals surface area contributed by atoms with Crippen LogP contribution in [0.15, 0.2) is 52.4 Å². The Morgan fingerprint density at radius 2 is 2.08 bits per heavy atom. The van der Waals surface area contributed by atoms with Crippen LogP contribution in [0.25, 0.3) is 10.2 Å². The number of benzene rings is 2. The van der Waals surface area contributed by atoms with Crippen molar-refractivity contribution in [1.29, 1.82) is 0 Å². The molecular formula is C19H19FN2OS3. The third kappa shape index (κ3) is 4.22. The molecule has 0 N–H and O–H groups in total. The maximum Gasteiger partial charge on any atom is 0.280 e. The molecule has 0 radical (unpaired) electrons. The van der Waals surface area contributed by atoms with Gasteiger partial charge in [0.1, 0.15) is 5.82 Å². The molecule has 0 bridgehead atoms. The summed E-state index contributed by atoms with van der Waals surface area (Å²) in [4.78, 5) is 18.8. The van der Waals surface area contributed by atoms with E-state index in [1.807, 2.05) is 35.1 Å². The molecule has 0 saturated carbocycles. The zero-order chi connectivity index (χ0) is 18.5. The highest BCUT2D eigenvalue weighted by Gasteiger charge is 2.12. The number of aryl methyl sites for hydroxylation is 1. The van der Waals surface area contributed by atoms with Crippen LogP contribution in [0.4, 0.5) is 4.39 Å². The van der Waals surface area contributed by atoms with Gasteiger partial charge in [-0.2, -0.15) is 16.8 Å².